The predicted molar refractivity (Wildman–Crippen MR) is 54.6 cm³/mol. The van der Waals surface area contributed by atoms with Gasteiger partial charge >= 0.3 is 6.09 Å². The molecule has 0 radical (unpaired) electrons. The van der Waals surface area contributed by atoms with Crippen molar-refractivity contribution in [2.45, 2.75) is 39.0 Å². The minimum Gasteiger partial charge on any atom is -0.444 e. The van der Waals surface area contributed by atoms with E-state index >= 15 is 0 Å². The van der Waals surface area contributed by atoms with Crippen LogP contribution in [-0.4, -0.2) is 35.3 Å². The lowest BCUT2D eigenvalue weighted by molar-refractivity contribution is -0.00669. The Labute approximate surface area is 89.5 Å². The number of rotatable bonds is 1. The van der Waals surface area contributed by atoms with E-state index in [2.05, 4.69) is 10.2 Å². The van der Waals surface area contributed by atoms with Crippen molar-refractivity contribution in [3.63, 3.8) is 0 Å². The summed E-state index contributed by atoms with van der Waals surface area (Å²) in [6.07, 6.45) is -0.233. The Bertz CT molecular complexity index is 307. The maximum atomic E-state index is 11.6. The highest BCUT2D eigenvalue weighted by molar-refractivity contribution is 5.69. The average molecular weight is 211 g/mol. The molecule has 5 heteroatoms. The van der Waals surface area contributed by atoms with Crippen molar-refractivity contribution < 1.29 is 9.53 Å². The van der Waals surface area contributed by atoms with Crippen LogP contribution >= 0.6 is 0 Å². The first-order chi connectivity index (χ1) is 6.80. The summed E-state index contributed by atoms with van der Waals surface area (Å²) in [5.74, 6) is 0.380. The van der Waals surface area contributed by atoms with Gasteiger partial charge < -0.3 is 9.64 Å². The molecule has 0 aromatic carbocycles. The van der Waals surface area contributed by atoms with E-state index in [0.29, 0.717) is 19.0 Å². The maximum Gasteiger partial charge on any atom is 0.410 e. The predicted octanol–water partition coefficient (Wildman–Crippen LogP) is 2.04. The van der Waals surface area contributed by atoms with Crippen molar-refractivity contribution in [2.24, 2.45) is 16.1 Å². The molecule has 0 saturated carbocycles. The Morgan fingerprint density at radius 3 is 2.33 bits per heavy atom. The summed E-state index contributed by atoms with van der Waals surface area (Å²) in [5.41, 5.74) is -0.626. The van der Waals surface area contributed by atoms with Crippen LogP contribution in [0.25, 0.3) is 0 Å². The fraction of sp³-hybridized carbons (Fsp3) is 0.900. The molecule has 0 unspecified atom stereocenters. The number of amides is 1. The van der Waals surface area contributed by atoms with E-state index in [1.165, 1.54) is 0 Å². The van der Waals surface area contributed by atoms with Crippen LogP contribution in [0.1, 0.15) is 27.7 Å². The Kier molecular flexibility index (Phi) is 2.03. The number of carbonyl (C=O) groups is 1. The highest BCUT2D eigenvalue weighted by Gasteiger charge is 2.50. The fourth-order valence-corrected chi connectivity index (χ4v) is 1.54. The molecule has 84 valence electrons. The molecular formula is C10H17N3O2. The summed E-state index contributed by atoms with van der Waals surface area (Å²) >= 11 is 0. The smallest absolute Gasteiger partial charge is 0.410 e. The molecule has 0 bridgehead atoms. The zero-order valence-electron chi connectivity index (χ0n) is 9.65. The molecule has 0 N–H and O–H groups in total. The van der Waals surface area contributed by atoms with E-state index in [1.807, 2.05) is 27.7 Å². The molecule has 5 nitrogen and oxygen atoms in total. The molecule has 2 aliphatic rings. The van der Waals surface area contributed by atoms with Crippen molar-refractivity contribution in [1.29, 1.82) is 0 Å². The molecule has 2 rings (SSSR count). The maximum absolute atomic E-state index is 11.6. The molecule has 0 aliphatic carbocycles. The van der Waals surface area contributed by atoms with Gasteiger partial charge in [0.1, 0.15) is 5.60 Å². The zero-order chi connectivity index (χ0) is 11.3. The second kappa shape index (κ2) is 2.93. The van der Waals surface area contributed by atoms with Gasteiger partial charge in [0.25, 0.3) is 0 Å². The fourth-order valence-electron chi connectivity index (χ4n) is 1.54. The van der Waals surface area contributed by atoms with Crippen LogP contribution in [0, 0.1) is 5.92 Å². The molecule has 1 saturated heterocycles. The van der Waals surface area contributed by atoms with Gasteiger partial charge in [-0.05, 0) is 27.7 Å². The van der Waals surface area contributed by atoms with Gasteiger partial charge in [0.15, 0.2) is 5.66 Å². The number of ether oxygens (including phenoxy) is 1. The highest BCUT2D eigenvalue weighted by Crippen LogP contribution is 2.40. The Morgan fingerprint density at radius 2 is 1.93 bits per heavy atom. The second-order valence-electron chi connectivity index (χ2n) is 5.38. The first-order valence-electron chi connectivity index (χ1n) is 5.22. The third-order valence-corrected chi connectivity index (χ3v) is 2.72. The van der Waals surface area contributed by atoms with Crippen LogP contribution in [0.4, 0.5) is 4.79 Å². The first kappa shape index (κ1) is 10.4. The van der Waals surface area contributed by atoms with Crippen LogP contribution in [0.2, 0.25) is 0 Å². The SMILES string of the molecule is CC(C)(C)OC(=O)N1CC(C2(C)N=N2)C1. The molecule has 15 heavy (non-hydrogen) atoms. The van der Waals surface area contributed by atoms with E-state index in [4.69, 9.17) is 4.74 Å². The van der Waals surface area contributed by atoms with Gasteiger partial charge in [-0.3, -0.25) is 0 Å². The standard InChI is InChI=1S/C10H17N3O2/c1-9(2,3)15-8(14)13-5-7(6-13)10(4)11-12-10/h7H,5-6H2,1-4H3. The third kappa shape index (κ3) is 2.11. The van der Waals surface area contributed by atoms with E-state index in [0.717, 1.165) is 0 Å². The first-order valence-corrected chi connectivity index (χ1v) is 5.22. The number of likely N-dealkylation sites (tertiary alicyclic amines) is 1. The van der Waals surface area contributed by atoms with Gasteiger partial charge in [0.05, 0.1) is 0 Å². The lowest BCUT2D eigenvalue weighted by Crippen LogP contribution is -2.55. The largest absolute Gasteiger partial charge is 0.444 e. The van der Waals surface area contributed by atoms with Crippen LogP contribution in [0.3, 0.4) is 0 Å². The van der Waals surface area contributed by atoms with E-state index in [9.17, 15) is 4.79 Å². The molecule has 1 amide bonds. The van der Waals surface area contributed by atoms with Gasteiger partial charge in [-0.1, -0.05) is 0 Å². The van der Waals surface area contributed by atoms with Crippen molar-refractivity contribution >= 4 is 6.09 Å². The van der Waals surface area contributed by atoms with E-state index in [-0.39, 0.29) is 11.8 Å². The number of nitrogens with zero attached hydrogens (tertiary/aromatic N) is 3. The third-order valence-electron chi connectivity index (χ3n) is 2.72. The number of carbonyl (C=O) groups excluding carboxylic acids is 1. The van der Waals surface area contributed by atoms with Gasteiger partial charge in [-0.2, -0.15) is 10.2 Å². The Hall–Kier alpha value is -1.13. The van der Waals surface area contributed by atoms with Gasteiger partial charge in [0, 0.05) is 19.0 Å². The van der Waals surface area contributed by atoms with Crippen LogP contribution in [-0.2, 0) is 4.74 Å². The quantitative estimate of drug-likeness (QED) is 0.666. The summed E-state index contributed by atoms with van der Waals surface area (Å²) < 4.78 is 5.25. The van der Waals surface area contributed by atoms with Crippen molar-refractivity contribution in [2.75, 3.05) is 13.1 Å². The molecule has 2 aliphatic heterocycles. The molecule has 0 atom stereocenters. The summed E-state index contributed by atoms with van der Waals surface area (Å²) in [6, 6.07) is 0. The monoisotopic (exact) mass is 211 g/mol. The second-order valence-corrected chi connectivity index (χ2v) is 5.38. The summed E-state index contributed by atoms with van der Waals surface area (Å²) in [7, 11) is 0. The lowest BCUT2D eigenvalue weighted by atomic mass is 9.90. The highest BCUT2D eigenvalue weighted by atomic mass is 16.6. The molecule has 0 aromatic heterocycles. The number of hydrogen-bond donors (Lipinski definition) is 0. The van der Waals surface area contributed by atoms with Crippen molar-refractivity contribution in [3.8, 4) is 0 Å². The summed E-state index contributed by atoms with van der Waals surface area (Å²) in [6.45, 7) is 9.01. The molecule has 0 spiro atoms. The zero-order valence-corrected chi connectivity index (χ0v) is 9.65. The van der Waals surface area contributed by atoms with Gasteiger partial charge in [0.2, 0.25) is 0 Å². The Morgan fingerprint density at radius 1 is 1.40 bits per heavy atom. The summed E-state index contributed by atoms with van der Waals surface area (Å²) in [4.78, 5) is 13.3. The van der Waals surface area contributed by atoms with Crippen molar-refractivity contribution in [1.82, 2.24) is 4.90 Å². The normalized spacial score (nSPS) is 23.6. The summed E-state index contributed by atoms with van der Waals surface area (Å²) in [5, 5.41) is 7.94. The molecule has 0 aromatic rings. The Balaban J connectivity index is 1.77. The lowest BCUT2D eigenvalue weighted by Gasteiger charge is -2.40. The minimum atomic E-state index is -0.416. The van der Waals surface area contributed by atoms with Crippen LogP contribution in [0.5, 0.6) is 0 Å². The number of hydrogen-bond acceptors (Lipinski definition) is 4. The average Bonchev–Trinajstić information content (AvgIpc) is 2.59. The topological polar surface area (TPSA) is 54.3 Å². The van der Waals surface area contributed by atoms with Crippen LogP contribution < -0.4 is 0 Å². The van der Waals surface area contributed by atoms with Gasteiger partial charge in [-0.15, -0.1) is 0 Å². The van der Waals surface area contributed by atoms with Gasteiger partial charge in [-0.25, -0.2) is 4.79 Å². The minimum absolute atomic E-state index is 0.210. The van der Waals surface area contributed by atoms with E-state index < -0.39 is 5.60 Å². The molecule has 1 fully saturated rings. The molecule has 2 heterocycles. The van der Waals surface area contributed by atoms with E-state index in [1.54, 1.807) is 4.90 Å². The van der Waals surface area contributed by atoms with Crippen molar-refractivity contribution in [3.05, 3.63) is 0 Å². The molecular weight excluding hydrogens is 194 g/mol. The van der Waals surface area contributed by atoms with Crippen LogP contribution in [0.15, 0.2) is 10.2 Å².